The van der Waals surface area contributed by atoms with Crippen LogP contribution in [-0.4, -0.2) is 22.2 Å². The van der Waals surface area contributed by atoms with E-state index in [1.807, 2.05) is 0 Å². The molecule has 0 bridgehead atoms. The summed E-state index contributed by atoms with van der Waals surface area (Å²) in [5.74, 6) is -2.41. The minimum absolute atomic E-state index is 0. The second-order valence-electron chi connectivity index (χ2n) is 2.55. The molecule has 0 aliphatic heterocycles. The van der Waals surface area contributed by atoms with E-state index in [4.69, 9.17) is 10.2 Å². The van der Waals surface area contributed by atoms with E-state index in [2.05, 4.69) is 0 Å². The Kier molecular flexibility index (Phi) is 13.1. The maximum absolute atomic E-state index is 10.4. The van der Waals surface area contributed by atoms with Gasteiger partial charge in [0.25, 0.3) is 0 Å². The fraction of sp³-hybridized carbons (Fsp3) is 0.667. The summed E-state index contributed by atoms with van der Waals surface area (Å²) in [5.41, 5.74) is -1.44. The van der Waals surface area contributed by atoms with Gasteiger partial charge in [-0.2, -0.15) is 0 Å². The van der Waals surface area contributed by atoms with Crippen molar-refractivity contribution in [2.24, 2.45) is 5.41 Å². The summed E-state index contributed by atoms with van der Waals surface area (Å²) in [7, 11) is 0. The van der Waals surface area contributed by atoms with E-state index in [-0.39, 0.29) is 52.4 Å². The van der Waals surface area contributed by atoms with Crippen molar-refractivity contribution in [1.82, 2.24) is 12.3 Å². The van der Waals surface area contributed by atoms with Crippen molar-refractivity contribution >= 4 is 11.9 Å². The van der Waals surface area contributed by atoms with E-state index in [9.17, 15) is 9.59 Å². The first-order valence-electron chi connectivity index (χ1n) is 3.06. The van der Waals surface area contributed by atoms with Gasteiger partial charge in [0.05, 0.1) is 0 Å². The van der Waals surface area contributed by atoms with Crippen LogP contribution in [0, 0.1) is 5.41 Å². The first-order chi connectivity index (χ1) is 4.59. The molecule has 1 rings (SSSR count). The monoisotopic (exact) mass is 389 g/mol. The first kappa shape index (κ1) is 23.4. The second-order valence-corrected chi connectivity index (χ2v) is 2.55. The van der Waals surface area contributed by atoms with Gasteiger partial charge >= 0.3 is 11.9 Å². The molecule has 0 aromatic heterocycles. The Balaban J connectivity index is -0.000000125. The zero-order chi connectivity index (χ0) is 7.78. The smallest absolute Gasteiger partial charge is 0.321 e. The van der Waals surface area contributed by atoms with Gasteiger partial charge in [0.2, 0.25) is 0 Å². The number of hydrogen-bond acceptors (Lipinski definition) is 4. The molecule has 14 heavy (non-hydrogen) atoms. The summed E-state index contributed by atoms with van der Waals surface area (Å²) in [6.07, 6.45) is 1.26. The average molecular weight is 389 g/mol. The van der Waals surface area contributed by atoms with Gasteiger partial charge < -0.3 is 28.7 Å². The van der Waals surface area contributed by atoms with Gasteiger partial charge in [-0.05, 0) is 19.3 Å². The number of rotatable bonds is 2. The van der Waals surface area contributed by atoms with Crippen LogP contribution in [0.3, 0.4) is 0 Å². The van der Waals surface area contributed by atoms with Crippen LogP contribution < -0.4 is 12.3 Å². The normalized spacial score (nSPS) is 15.1. The van der Waals surface area contributed by atoms with E-state index in [1.165, 1.54) is 0 Å². The van der Waals surface area contributed by atoms with Crippen LogP contribution in [0.1, 0.15) is 19.3 Å². The molecule has 1 aliphatic rings. The van der Waals surface area contributed by atoms with E-state index < -0.39 is 17.4 Å². The molecule has 1 fully saturated rings. The van der Waals surface area contributed by atoms with Crippen LogP contribution in [0.5, 0.6) is 0 Å². The fourth-order valence-corrected chi connectivity index (χ4v) is 1.05. The Labute approximate surface area is 96.3 Å². The molecule has 7 nitrogen and oxygen atoms in total. The molecule has 0 saturated heterocycles. The van der Waals surface area contributed by atoms with Crippen molar-refractivity contribution < 1.29 is 40.9 Å². The molecule has 10 N–H and O–H groups in total. The summed E-state index contributed by atoms with van der Waals surface area (Å²) in [5, 5.41) is 16.9. The van der Waals surface area contributed by atoms with Gasteiger partial charge in [-0.25, -0.2) is 0 Å². The van der Waals surface area contributed by atoms with Crippen LogP contribution in [0.25, 0.3) is 6.15 Å². The molecule has 0 radical (unpaired) electrons. The van der Waals surface area contributed by atoms with E-state index in [0.717, 1.165) is 0 Å². The number of hydrogen-bond donors (Lipinski definition) is 4. The SMILES string of the molecule is N.N.O=C(O)C1(C(=O)O)CCC1.[NH2-].[Pt]. The van der Waals surface area contributed by atoms with Crippen molar-refractivity contribution in [1.29, 1.82) is 0 Å². The summed E-state index contributed by atoms with van der Waals surface area (Å²) in [6.45, 7) is 0. The number of aliphatic carboxylic acids is 2. The number of carboxylic acids is 2. The standard InChI is InChI=1S/C6H8O4.2H3N.H2N.Pt/c7-4(8)6(5(9)10)2-1-3-6;;;;/h1-3H2,(H,7,8)(H,9,10);2*1H3;1H2;/q;;;-1;. The molecule has 0 heterocycles. The maximum atomic E-state index is 10.4. The number of nitrogens with two attached hydrogens (primary N) is 1. The van der Waals surface area contributed by atoms with Crippen molar-refractivity contribution in [3.8, 4) is 0 Å². The van der Waals surface area contributed by atoms with Gasteiger partial charge in [0.15, 0.2) is 5.41 Å². The molecular weight excluding hydrogens is 373 g/mol. The summed E-state index contributed by atoms with van der Waals surface area (Å²) < 4.78 is 0. The van der Waals surface area contributed by atoms with Gasteiger partial charge in [0.1, 0.15) is 0 Å². The zero-order valence-electron chi connectivity index (χ0n) is 7.64. The van der Waals surface area contributed by atoms with Crippen LogP contribution >= 0.6 is 0 Å². The molecule has 1 saturated carbocycles. The predicted octanol–water partition coefficient (Wildman–Crippen LogP) is 1.36. The Morgan fingerprint density at radius 2 is 1.29 bits per heavy atom. The molecule has 0 aromatic rings. The van der Waals surface area contributed by atoms with Crippen LogP contribution in [0.2, 0.25) is 0 Å². The fourth-order valence-electron chi connectivity index (χ4n) is 1.05. The van der Waals surface area contributed by atoms with Crippen molar-refractivity contribution in [2.45, 2.75) is 19.3 Å². The van der Waals surface area contributed by atoms with Crippen molar-refractivity contribution in [2.75, 3.05) is 0 Å². The third-order valence-electron chi connectivity index (χ3n) is 2.03. The molecule has 0 atom stereocenters. The second kappa shape index (κ2) is 7.87. The van der Waals surface area contributed by atoms with Crippen molar-refractivity contribution in [3.63, 3.8) is 0 Å². The third-order valence-corrected chi connectivity index (χ3v) is 2.03. The Hall–Kier alpha value is -0.492. The Morgan fingerprint density at radius 3 is 1.29 bits per heavy atom. The van der Waals surface area contributed by atoms with Gasteiger partial charge in [-0.1, -0.05) is 0 Å². The summed E-state index contributed by atoms with van der Waals surface area (Å²) in [6, 6.07) is 0. The predicted molar refractivity (Wildman–Crippen MR) is 46.9 cm³/mol. The first-order valence-corrected chi connectivity index (χ1v) is 3.06. The Morgan fingerprint density at radius 1 is 1.00 bits per heavy atom. The average Bonchev–Trinajstić information content (AvgIpc) is 1.57. The zero-order valence-corrected chi connectivity index (χ0v) is 9.91. The maximum Gasteiger partial charge on any atom is 0.321 e. The molecular formula is C6H16N3O4Pt-. The van der Waals surface area contributed by atoms with Crippen LogP contribution in [0.15, 0.2) is 0 Å². The van der Waals surface area contributed by atoms with Gasteiger partial charge in [-0.15, -0.1) is 0 Å². The van der Waals surface area contributed by atoms with E-state index in [1.54, 1.807) is 0 Å². The minimum Gasteiger partial charge on any atom is -0.693 e. The van der Waals surface area contributed by atoms with Crippen LogP contribution in [-0.2, 0) is 30.7 Å². The van der Waals surface area contributed by atoms with Gasteiger partial charge in [-0.3, -0.25) is 9.59 Å². The van der Waals surface area contributed by atoms with E-state index >= 15 is 0 Å². The molecule has 0 unspecified atom stereocenters. The minimum atomic E-state index is -1.44. The van der Waals surface area contributed by atoms with Crippen molar-refractivity contribution in [3.05, 3.63) is 6.15 Å². The quantitative estimate of drug-likeness (QED) is 0.518. The molecule has 0 spiro atoms. The molecule has 1 aliphatic carbocycles. The summed E-state index contributed by atoms with van der Waals surface area (Å²) >= 11 is 0. The molecule has 0 amide bonds. The Bertz CT molecular complexity index is 180. The topological polar surface area (TPSA) is 178 Å². The molecule has 90 valence electrons. The van der Waals surface area contributed by atoms with E-state index in [0.29, 0.717) is 6.42 Å². The summed E-state index contributed by atoms with van der Waals surface area (Å²) in [4.78, 5) is 20.7. The molecule has 8 heteroatoms. The largest absolute Gasteiger partial charge is 0.693 e. The molecule has 0 aromatic carbocycles. The number of carboxylic acid groups (broad SMARTS) is 2. The third kappa shape index (κ3) is 3.34. The van der Waals surface area contributed by atoms with Gasteiger partial charge in [0, 0.05) is 21.1 Å². The number of carbonyl (C=O) groups is 2. The van der Waals surface area contributed by atoms with Crippen LogP contribution in [0.4, 0.5) is 0 Å².